The lowest BCUT2D eigenvalue weighted by Crippen LogP contribution is -2.24. The highest BCUT2D eigenvalue weighted by molar-refractivity contribution is 5.95. The van der Waals surface area contributed by atoms with Crippen molar-refractivity contribution in [3.05, 3.63) is 88.7 Å². The third-order valence-corrected chi connectivity index (χ3v) is 6.06. The Labute approximate surface area is 185 Å². The molecular formula is C25H22N2O5. The molecule has 32 heavy (non-hydrogen) atoms. The van der Waals surface area contributed by atoms with Crippen molar-refractivity contribution in [2.75, 3.05) is 6.79 Å². The number of hydrogen-bond donors (Lipinski definition) is 2. The molecule has 2 aliphatic rings. The second-order valence-corrected chi connectivity index (χ2v) is 8.13. The van der Waals surface area contributed by atoms with Crippen LogP contribution < -0.4 is 14.8 Å². The van der Waals surface area contributed by atoms with Crippen LogP contribution in [0.3, 0.4) is 0 Å². The summed E-state index contributed by atoms with van der Waals surface area (Å²) in [5.74, 6) is 0.436. The molecule has 1 aliphatic carbocycles. The first-order valence-electron chi connectivity index (χ1n) is 10.5. The van der Waals surface area contributed by atoms with E-state index in [1.54, 1.807) is 18.3 Å². The number of aromatic nitrogens is 1. The van der Waals surface area contributed by atoms with Gasteiger partial charge in [-0.1, -0.05) is 30.3 Å². The summed E-state index contributed by atoms with van der Waals surface area (Å²) in [6.07, 6.45) is 3.51. The number of amides is 1. The number of ether oxygens (including phenoxy) is 2. The maximum absolute atomic E-state index is 12.9. The molecule has 7 heteroatoms. The minimum Gasteiger partial charge on any atom is -0.481 e. The van der Waals surface area contributed by atoms with Crippen molar-refractivity contribution in [2.24, 2.45) is 0 Å². The van der Waals surface area contributed by atoms with E-state index in [1.165, 1.54) is 0 Å². The zero-order valence-electron chi connectivity index (χ0n) is 17.3. The van der Waals surface area contributed by atoms with Gasteiger partial charge in [0.15, 0.2) is 11.5 Å². The third kappa shape index (κ3) is 3.77. The Kier molecular flexibility index (Phi) is 5.01. The molecule has 5 rings (SSSR count). The van der Waals surface area contributed by atoms with E-state index in [4.69, 9.17) is 9.47 Å². The van der Waals surface area contributed by atoms with Crippen molar-refractivity contribution >= 4 is 11.9 Å². The predicted molar refractivity (Wildman–Crippen MR) is 116 cm³/mol. The molecule has 0 bridgehead atoms. The molecule has 1 fully saturated rings. The van der Waals surface area contributed by atoms with Gasteiger partial charge in [-0.2, -0.15) is 0 Å². The number of carboxylic acids is 1. The monoisotopic (exact) mass is 430 g/mol. The Morgan fingerprint density at radius 3 is 2.50 bits per heavy atom. The van der Waals surface area contributed by atoms with Crippen LogP contribution in [0.15, 0.2) is 60.8 Å². The van der Waals surface area contributed by atoms with Gasteiger partial charge in [0, 0.05) is 19.2 Å². The van der Waals surface area contributed by atoms with Crippen LogP contribution in [-0.4, -0.2) is 28.8 Å². The number of benzene rings is 2. The molecule has 1 saturated carbocycles. The van der Waals surface area contributed by atoms with Crippen LogP contribution in [-0.2, 0) is 23.2 Å². The second-order valence-electron chi connectivity index (χ2n) is 8.13. The van der Waals surface area contributed by atoms with Gasteiger partial charge >= 0.3 is 5.97 Å². The highest BCUT2D eigenvalue weighted by Gasteiger charge is 2.51. The number of fused-ring (bicyclic) bond motifs is 1. The van der Waals surface area contributed by atoms with E-state index in [-0.39, 0.29) is 12.7 Å². The molecule has 3 aromatic rings. The van der Waals surface area contributed by atoms with Crippen LogP contribution in [0.4, 0.5) is 0 Å². The van der Waals surface area contributed by atoms with E-state index in [2.05, 4.69) is 10.3 Å². The van der Waals surface area contributed by atoms with Crippen LogP contribution in [0.5, 0.6) is 11.5 Å². The fraction of sp³-hybridized carbons (Fsp3) is 0.240. The number of nitrogens with one attached hydrogen (secondary N) is 1. The van der Waals surface area contributed by atoms with Crippen molar-refractivity contribution in [1.82, 2.24) is 10.3 Å². The van der Waals surface area contributed by atoms with Gasteiger partial charge in [0.25, 0.3) is 5.91 Å². The SMILES string of the molecule is O=C(NCc1ccc(C2(C(=O)O)CC2)cc1)c1cccnc1Cc1ccc2c(c1)OCO2. The van der Waals surface area contributed by atoms with Crippen LogP contribution in [0.25, 0.3) is 0 Å². The van der Waals surface area contributed by atoms with E-state index >= 15 is 0 Å². The molecule has 0 atom stereocenters. The molecule has 2 heterocycles. The summed E-state index contributed by atoms with van der Waals surface area (Å²) in [5.41, 5.74) is 3.18. The Morgan fingerprint density at radius 1 is 1.00 bits per heavy atom. The molecule has 0 unspecified atom stereocenters. The van der Waals surface area contributed by atoms with Crippen LogP contribution in [0.1, 0.15) is 45.6 Å². The van der Waals surface area contributed by atoms with Crippen molar-refractivity contribution in [3.8, 4) is 11.5 Å². The maximum Gasteiger partial charge on any atom is 0.314 e. The summed E-state index contributed by atoms with van der Waals surface area (Å²) in [6.45, 7) is 0.561. The number of pyridine rings is 1. The van der Waals surface area contributed by atoms with Crippen molar-refractivity contribution in [3.63, 3.8) is 0 Å². The first-order chi connectivity index (χ1) is 15.5. The number of carbonyl (C=O) groups excluding carboxylic acids is 1. The van der Waals surface area contributed by atoms with Gasteiger partial charge in [0.05, 0.1) is 16.7 Å². The van der Waals surface area contributed by atoms with Gasteiger partial charge in [0.1, 0.15) is 0 Å². The van der Waals surface area contributed by atoms with Gasteiger partial charge in [-0.05, 0) is 53.8 Å². The first kappa shape index (κ1) is 20.1. The summed E-state index contributed by atoms with van der Waals surface area (Å²) < 4.78 is 10.8. The van der Waals surface area contributed by atoms with Crippen LogP contribution >= 0.6 is 0 Å². The molecule has 1 aliphatic heterocycles. The Balaban J connectivity index is 1.26. The molecule has 0 radical (unpaired) electrons. The number of carboxylic acid groups (broad SMARTS) is 1. The fourth-order valence-electron chi connectivity index (χ4n) is 4.00. The summed E-state index contributed by atoms with van der Waals surface area (Å²) in [6, 6.07) is 16.6. The summed E-state index contributed by atoms with van der Waals surface area (Å²) in [7, 11) is 0. The quantitative estimate of drug-likeness (QED) is 0.596. The lowest BCUT2D eigenvalue weighted by atomic mass is 9.95. The van der Waals surface area contributed by atoms with Crippen molar-refractivity contribution in [2.45, 2.75) is 31.2 Å². The Hall–Kier alpha value is -3.87. The molecule has 0 spiro atoms. The van der Waals surface area contributed by atoms with Gasteiger partial charge in [0.2, 0.25) is 6.79 Å². The van der Waals surface area contributed by atoms with Gasteiger partial charge in [-0.15, -0.1) is 0 Å². The highest BCUT2D eigenvalue weighted by atomic mass is 16.7. The standard InChI is InChI=1S/C25H22N2O5/c28-23(27-14-16-3-6-18(7-4-16)25(9-10-25)24(29)30)19-2-1-11-26-20(19)12-17-5-8-21-22(13-17)32-15-31-21/h1-8,11,13H,9-10,12,14-15H2,(H,27,28)(H,29,30). The molecule has 2 N–H and O–H groups in total. The molecule has 1 amide bonds. The van der Waals surface area contributed by atoms with Crippen molar-refractivity contribution in [1.29, 1.82) is 0 Å². The largest absolute Gasteiger partial charge is 0.481 e. The third-order valence-electron chi connectivity index (χ3n) is 6.06. The van der Waals surface area contributed by atoms with Crippen LogP contribution in [0, 0.1) is 0 Å². The zero-order valence-corrected chi connectivity index (χ0v) is 17.3. The zero-order chi connectivity index (χ0) is 22.1. The number of rotatable bonds is 7. The predicted octanol–water partition coefficient (Wildman–Crippen LogP) is 3.45. The highest BCUT2D eigenvalue weighted by Crippen LogP contribution is 2.48. The Bertz CT molecular complexity index is 1190. The van der Waals surface area contributed by atoms with E-state index in [1.807, 2.05) is 42.5 Å². The minimum absolute atomic E-state index is 0.206. The fourth-order valence-corrected chi connectivity index (χ4v) is 4.00. The van der Waals surface area contributed by atoms with Gasteiger partial charge in [-0.3, -0.25) is 14.6 Å². The number of nitrogens with zero attached hydrogens (tertiary/aromatic N) is 1. The van der Waals surface area contributed by atoms with Gasteiger partial charge in [-0.25, -0.2) is 0 Å². The van der Waals surface area contributed by atoms with E-state index < -0.39 is 11.4 Å². The lowest BCUT2D eigenvalue weighted by molar-refractivity contribution is -0.140. The van der Waals surface area contributed by atoms with Gasteiger partial charge < -0.3 is 19.9 Å². The number of hydrogen-bond acceptors (Lipinski definition) is 5. The molecule has 162 valence electrons. The smallest absolute Gasteiger partial charge is 0.314 e. The Morgan fingerprint density at radius 2 is 1.75 bits per heavy atom. The first-order valence-corrected chi connectivity index (χ1v) is 10.5. The average Bonchev–Trinajstić information content (AvgIpc) is 3.50. The number of carbonyl (C=O) groups is 2. The topological polar surface area (TPSA) is 97.8 Å². The molecule has 1 aromatic heterocycles. The van der Waals surface area contributed by atoms with Crippen molar-refractivity contribution < 1.29 is 24.2 Å². The van der Waals surface area contributed by atoms with E-state index in [0.717, 1.165) is 22.4 Å². The summed E-state index contributed by atoms with van der Waals surface area (Å²) in [5, 5.41) is 12.4. The normalized spacial score (nSPS) is 15.2. The molecular weight excluding hydrogens is 408 g/mol. The average molecular weight is 430 g/mol. The molecule has 2 aromatic carbocycles. The van der Waals surface area contributed by atoms with Crippen LogP contribution in [0.2, 0.25) is 0 Å². The van der Waals surface area contributed by atoms with E-state index in [9.17, 15) is 14.7 Å². The summed E-state index contributed by atoms with van der Waals surface area (Å²) >= 11 is 0. The summed E-state index contributed by atoms with van der Waals surface area (Å²) in [4.78, 5) is 28.8. The lowest BCUT2D eigenvalue weighted by Gasteiger charge is -2.12. The minimum atomic E-state index is -0.773. The maximum atomic E-state index is 12.9. The molecule has 0 saturated heterocycles. The van der Waals surface area contributed by atoms with E-state index in [0.29, 0.717) is 42.8 Å². The second kappa shape index (κ2) is 8.00. The molecule has 7 nitrogen and oxygen atoms in total. The number of aliphatic carboxylic acids is 1.